The zero-order valence-electron chi connectivity index (χ0n) is 10.2. The third kappa shape index (κ3) is 3.58. The molecule has 2 aromatic rings. The van der Waals surface area contributed by atoms with Gasteiger partial charge in [-0.25, -0.2) is 9.97 Å². The second-order valence-corrected chi connectivity index (χ2v) is 3.19. The molecule has 0 unspecified atom stereocenters. The quantitative estimate of drug-likeness (QED) is 0.779. The molecular formula is C12H13F3N2O. The van der Waals surface area contributed by atoms with Crippen molar-refractivity contribution < 1.29 is 17.9 Å². The van der Waals surface area contributed by atoms with Crippen LogP contribution in [0.2, 0.25) is 0 Å². The maximum atomic E-state index is 12.0. The largest absolute Gasteiger partial charge is 0.573 e. The molecule has 0 amide bonds. The topological polar surface area (TPSA) is 35.0 Å². The number of hydrogen-bond donors (Lipinski definition) is 0. The van der Waals surface area contributed by atoms with Gasteiger partial charge in [-0.15, -0.1) is 13.2 Å². The van der Waals surface area contributed by atoms with Crippen LogP contribution in [0.25, 0.3) is 10.9 Å². The van der Waals surface area contributed by atoms with E-state index in [0.29, 0.717) is 16.6 Å². The van der Waals surface area contributed by atoms with E-state index in [4.69, 9.17) is 0 Å². The molecule has 0 aliphatic carbocycles. The van der Waals surface area contributed by atoms with Gasteiger partial charge in [-0.2, -0.15) is 0 Å². The molecule has 0 spiro atoms. The summed E-state index contributed by atoms with van der Waals surface area (Å²) in [4.78, 5) is 7.83. The highest BCUT2D eigenvalue weighted by Crippen LogP contribution is 2.26. The van der Waals surface area contributed by atoms with Crippen molar-refractivity contribution in [3.05, 3.63) is 30.2 Å². The maximum Gasteiger partial charge on any atom is 0.573 e. The van der Waals surface area contributed by atoms with Gasteiger partial charge in [0.1, 0.15) is 12.1 Å². The Morgan fingerprint density at radius 1 is 1.11 bits per heavy atom. The minimum absolute atomic E-state index is 0.266. The average molecular weight is 258 g/mol. The first-order valence-electron chi connectivity index (χ1n) is 5.43. The fraction of sp³-hybridized carbons (Fsp3) is 0.333. The first-order valence-corrected chi connectivity index (χ1v) is 5.43. The Kier molecular flexibility index (Phi) is 4.47. The van der Waals surface area contributed by atoms with Crippen molar-refractivity contribution in [2.24, 2.45) is 0 Å². The Morgan fingerprint density at radius 3 is 2.39 bits per heavy atom. The van der Waals surface area contributed by atoms with Crippen LogP contribution in [-0.2, 0) is 0 Å². The molecule has 3 nitrogen and oxygen atoms in total. The predicted molar refractivity (Wildman–Crippen MR) is 62.3 cm³/mol. The van der Waals surface area contributed by atoms with Crippen LogP contribution in [0.5, 0.6) is 5.75 Å². The van der Waals surface area contributed by atoms with E-state index in [-0.39, 0.29) is 5.75 Å². The summed E-state index contributed by atoms with van der Waals surface area (Å²) in [5, 5.41) is 0.546. The summed E-state index contributed by atoms with van der Waals surface area (Å²) in [5.74, 6) is -0.266. The molecule has 1 heterocycles. The lowest BCUT2D eigenvalue weighted by Crippen LogP contribution is -2.17. The minimum atomic E-state index is -4.68. The van der Waals surface area contributed by atoms with E-state index in [1.165, 1.54) is 24.5 Å². The van der Waals surface area contributed by atoms with Gasteiger partial charge in [0.2, 0.25) is 0 Å². The Bertz CT molecular complexity index is 526. The lowest BCUT2D eigenvalue weighted by Gasteiger charge is -2.09. The van der Waals surface area contributed by atoms with Crippen LogP contribution in [0.4, 0.5) is 13.2 Å². The van der Waals surface area contributed by atoms with Gasteiger partial charge in [0.25, 0.3) is 0 Å². The normalized spacial score (nSPS) is 10.8. The van der Waals surface area contributed by atoms with Gasteiger partial charge in [-0.3, -0.25) is 0 Å². The van der Waals surface area contributed by atoms with Crippen molar-refractivity contribution in [1.29, 1.82) is 0 Å². The molecule has 0 aliphatic rings. The number of hydrogen-bond acceptors (Lipinski definition) is 3. The van der Waals surface area contributed by atoms with Crippen LogP contribution in [0, 0.1) is 6.92 Å². The SMILES string of the molecule is CC.Cc1ncnc2ccc(OC(F)(F)F)cc12. The van der Waals surface area contributed by atoms with E-state index in [0.717, 1.165) is 0 Å². The van der Waals surface area contributed by atoms with E-state index in [1.54, 1.807) is 6.92 Å². The van der Waals surface area contributed by atoms with Crippen molar-refractivity contribution >= 4 is 10.9 Å². The van der Waals surface area contributed by atoms with Gasteiger partial charge < -0.3 is 4.74 Å². The molecule has 0 N–H and O–H groups in total. The number of nitrogens with zero attached hydrogens (tertiary/aromatic N) is 2. The van der Waals surface area contributed by atoms with E-state index in [9.17, 15) is 13.2 Å². The Balaban J connectivity index is 0.000000771. The highest BCUT2D eigenvalue weighted by atomic mass is 19.4. The molecule has 6 heteroatoms. The van der Waals surface area contributed by atoms with Crippen molar-refractivity contribution in [2.45, 2.75) is 27.1 Å². The zero-order chi connectivity index (χ0) is 13.8. The van der Waals surface area contributed by atoms with Crippen molar-refractivity contribution in [1.82, 2.24) is 9.97 Å². The first kappa shape index (κ1) is 14.2. The summed E-state index contributed by atoms with van der Waals surface area (Å²) in [6.07, 6.45) is -3.32. The van der Waals surface area contributed by atoms with Gasteiger partial charge in [0.05, 0.1) is 5.52 Å². The van der Waals surface area contributed by atoms with Crippen LogP contribution in [0.1, 0.15) is 19.5 Å². The fourth-order valence-corrected chi connectivity index (χ4v) is 1.36. The van der Waals surface area contributed by atoms with Gasteiger partial charge in [-0.1, -0.05) is 13.8 Å². The van der Waals surface area contributed by atoms with Crippen LogP contribution in [0.3, 0.4) is 0 Å². The summed E-state index contributed by atoms with van der Waals surface area (Å²) in [5.41, 5.74) is 1.19. The van der Waals surface area contributed by atoms with Gasteiger partial charge in [0, 0.05) is 11.1 Å². The molecule has 1 aromatic carbocycles. The second kappa shape index (κ2) is 5.66. The number of benzene rings is 1. The van der Waals surface area contributed by atoms with E-state index < -0.39 is 6.36 Å². The number of aromatic nitrogens is 2. The molecule has 0 atom stereocenters. The maximum absolute atomic E-state index is 12.0. The zero-order valence-corrected chi connectivity index (χ0v) is 10.2. The third-order valence-corrected chi connectivity index (χ3v) is 2.04. The molecule has 0 radical (unpaired) electrons. The Hall–Kier alpha value is -1.85. The van der Waals surface area contributed by atoms with Crippen molar-refractivity contribution in [2.75, 3.05) is 0 Å². The van der Waals surface area contributed by atoms with Crippen molar-refractivity contribution in [3.8, 4) is 5.75 Å². The molecule has 0 fully saturated rings. The molecular weight excluding hydrogens is 245 g/mol. The molecule has 18 heavy (non-hydrogen) atoms. The summed E-state index contributed by atoms with van der Waals surface area (Å²) in [7, 11) is 0. The summed E-state index contributed by atoms with van der Waals surface area (Å²) < 4.78 is 39.8. The van der Waals surface area contributed by atoms with Crippen molar-refractivity contribution in [3.63, 3.8) is 0 Å². The number of aryl methyl sites for hydroxylation is 1. The highest BCUT2D eigenvalue weighted by molar-refractivity contribution is 5.81. The number of alkyl halides is 3. The summed E-state index contributed by atoms with van der Waals surface area (Å²) in [6, 6.07) is 3.96. The molecule has 0 bridgehead atoms. The second-order valence-electron chi connectivity index (χ2n) is 3.19. The molecule has 98 valence electrons. The monoisotopic (exact) mass is 258 g/mol. The standard InChI is InChI=1S/C10H7F3N2O.C2H6/c1-6-8-4-7(16-10(11,12)13)2-3-9(8)15-5-14-6;1-2/h2-5H,1H3;1-2H3. The Labute approximate surface area is 103 Å². The molecule has 0 saturated heterocycles. The fourth-order valence-electron chi connectivity index (χ4n) is 1.36. The summed E-state index contributed by atoms with van der Waals surface area (Å²) >= 11 is 0. The predicted octanol–water partition coefficient (Wildman–Crippen LogP) is 3.86. The van der Waals surface area contributed by atoms with Crippen LogP contribution in [-0.4, -0.2) is 16.3 Å². The molecule has 2 rings (SSSR count). The smallest absolute Gasteiger partial charge is 0.406 e. The third-order valence-electron chi connectivity index (χ3n) is 2.04. The van der Waals surface area contributed by atoms with Gasteiger partial charge in [-0.05, 0) is 25.1 Å². The highest BCUT2D eigenvalue weighted by Gasteiger charge is 2.31. The van der Waals surface area contributed by atoms with Gasteiger partial charge >= 0.3 is 6.36 Å². The lowest BCUT2D eigenvalue weighted by molar-refractivity contribution is -0.274. The molecule has 0 aliphatic heterocycles. The van der Waals surface area contributed by atoms with Crippen LogP contribution >= 0.6 is 0 Å². The molecule has 1 aromatic heterocycles. The first-order chi connectivity index (χ1) is 8.46. The van der Waals surface area contributed by atoms with Crippen LogP contribution in [0.15, 0.2) is 24.5 Å². The minimum Gasteiger partial charge on any atom is -0.406 e. The lowest BCUT2D eigenvalue weighted by atomic mass is 10.2. The van der Waals surface area contributed by atoms with Crippen LogP contribution < -0.4 is 4.74 Å². The summed E-state index contributed by atoms with van der Waals surface area (Å²) in [6.45, 7) is 5.70. The number of rotatable bonds is 1. The Morgan fingerprint density at radius 2 is 1.78 bits per heavy atom. The van der Waals surface area contributed by atoms with E-state index >= 15 is 0 Å². The van der Waals surface area contributed by atoms with E-state index in [2.05, 4.69) is 14.7 Å². The van der Waals surface area contributed by atoms with E-state index in [1.807, 2.05) is 13.8 Å². The molecule has 0 saturated carbocycles. The van der Waals surface area contributed by atoms with Gasteiger partial charge in [0.15, 0.2) is 0 Å². The number of halogens is 3. The number of fused-ring (bicyclic) bond motifs is 1. The number of ether oxygens (including phenoxy) is 1. The average Bonchev–Trinajstić information content (AvgIpc) is 2.31.